The average molecular weight is 954 g/mol. The lowest BCUT2D eigenvalue weighted by atomic mass is 10.2. The monoisotopic (exact) mass is 952 g/mol. The van der Waals surface area contributed by atoms with Crippen LogP contribution in [0.25, 0.3) is 0 Å². The minimum atomic E-state index is -0.507. The van der Waals surface area contributed by atoms with Crippen LogP contribution in [0.2, 0.25) is 5.28 Å². The molecule has 0 aliphatic heterocycles. The molecule has 0 bridgehead atoms. The van der Waals surface area contributed by atoms with Crippen molar-refractivity contribution in [1.29, 1.82) is 0 Å². The van der Waals surface area contributed by atoms with Gasteiger partial charge in [0.05, 0.1) is 0 Å². The quantitative estimate of drug-likeness (QED) is 0.0539. The number of amides is 2. The van der Waals surface area contributed by atoms with Crippen LogP contribution in [0.4, 0.5) is 39.3 Å². The van der Waals surface area contributed by atoms with Crippen molar-refractivity contribution in [2.24, 2.45) is 11.5 Å². The number of rotatable bonds is 18. The van der Waals surface area contributed by atoms with E-state index in [9.17, 15) is 9.59 Å². The molecule has 0 aliphatic rings. The lowest BCUT2D eigenvalue weighted by Crippen LogP contribution is -2.35. The second-order valence-electron chi connectivity index (χ2n) is 13.2. The number of carbonyl (C=O) groups is 2. The maximum Gasteiger partial charge on any atom is 0.407 e. The molecule has 11 N–H and O–H groups in total. The predicted molar refractivity (Wildman–Crippen MR) is 259 cm³/mol. The molecule has 0 fully saturated rings. The van der Waals surface area contributed by atoms with E-state index in [4.69, 9.17) is 32.5 Å². The highest BCUT2D eigenvalue weighted by atomic mass is 35.5. The summed E-state index contributed by atoms with van der Waals surface area (Å²) >= 11 is 10.1. The van der Waals surface area contributed by atoms with Crippen LogP contribution in [0.5, 0.6) is 0 Å². The molecule has 0 radical (unpaired) electrons. The molecule has 3 aromatic heterocycles. The summed E-state index contributed by atoms with van der Waals surface area (Å²) in [5.41, 5.74) is 9.23. The van der Waals surface area contributed by atoms with Crippen LogP contribution in [-0.2, 0) is 9.47 Å². The Morgan fingerprint density at radius 2 is 0.839 bits per heavy atom. The summed E-state index contributed by atoms with van der Waals surface area (Å²) < 4.78 is 10.2. The fourth-order valence-electron chi connectivity index (χ4n) is 3.52. The number of hydrogen-bond acceptors (Lipinski definition) is 23. The van der Waals surface area contributed by atoms with E-state index in [0.29, 0.717) is 84.5 Å². The molecule has 0 saturated heterocycles. The van der Waals surface area contributed by atoms with Gasteiger partial charge in [0, 0.05) is 52.4 Å². The van der Waals surface area contributed by atoms with Crippen LogP contribution in [0.3, 0.4) is 0 Å². The SMILES string of the molecule is C.C.CCN.CCNc1nc(NCCN)nc(SC)n1.CCNc1nc(NCCNC(=O)OC(C)(C)C)nc(SC)n1.CSc1nc(Cl)nc(NCCNC(=O)OC(C)(C)C)n1. The van der Waals surface area contributed by atoms with Gasteiger partial charge in [0.25, 0.3) is 0 Å². The Morgan fingerprint density at radius 1 is 0.532 bits per heavy atom. The number of thioether (sulfide) groups is 3. The van der Waals surface area contributed by atoms with Gasteiger partial charge in [-0.2, -0.15) is 44.9 Å². The van der Waals surface area contributed by atoms with Gasteiger partial charge >= 0.3 is 12.2 Å². The maximum absolute atomic E-state index is 11.5. The highest BCUT2D eigenvalue weighted by molar-refractivity contribution is 7.98. The van der Waals surface area contributed by atoms with E-state index in [0.717, 1.165) is 19.6 Å². The smallest absolute Gasteiger partial charge is 0.407 e. The number of halogens is 1. The molecule has 0 aliphatic carbocycles. The zero-order chi connectivity index (χ0) is 45.6. The number of nitrogens with zero attached hydrogens (tertiary/aromatic N) is 9. The van der Waals surface area contributed by atoms with Crippen molar-refractivity contribution in [2.45, 2.75) is 104 Å². The molecule has 0 unspecified atom stereocenters. The summed E-state index contributed by atoms with van der Waals surface area (Å²) in [5.74, 6) is 2.54. The standard InChI is InChI=1S/C13H24N6O2S.C11H18ClN5O2S.C8H16N6S.C2H7N.2CH4/c1-6-14-9-17-10(19-11(18-9)22-5)15-7-8-16-12(20)21-13(2,3)4;1-11(2,3)19-10(18)14-6-5-13-8-15-7(12)16-9(17-8)20-4;1-3-10-6-12-7(11-5-4-9)14-8(13-6)15-2;1-2-3;;/h6-8H2,1-5H3,(H,16,20)(H2,14,15,17,18,19);5-6H2,1-4H3,(H,14,18)(H,13,15,16,17);3-5,9H2,1-2H3,(H2,10,11,12,13,14);2-3H2,1H3;2*1H4. The summed E-state index contributed by atoms with van der Waals surface area (Å²) in [5, 5.41) is 22.4. The number of aromatic nitrogens is 9. The normalized spacial score (nSPS) is 10.2. The molecule has 0 aromatic carbocycles. The molecule has 0 atom stereocenters. The van der Waals surface area contributed by atoms with Gasteiger partial charge in [-0.25, -0.2) is 9.59 Å². The van der Waals surface area contributed by atoms with Crippen molar-refractivity contribution < 1.29 is 19.1 Å². The fourth-order valence-corrected chi connectivity index (χ4v) is 4.80. The van der Waals surface area contributed by atoms with E-state index in [1.165, 1.54) is 35.3 Å². The van der Waals surface area contributed by atoms with Crippen molar-refractivity contribution in [1.82, 2.24) is 55.5 Å². The molecule has 3 rings (SSSR count). The Bertz CT molecular complexity index is 1660. The zero-order valence-corrected chi connectivity index (χ0v) is 40.0. The van der Waals surface area contributed by atoms with E-state index in [2.05, 4.69) is 82.1 Å². The van der Waals surface area contributed by atoms with Crippen LogP contribution >= 0.6 is 46.9 Å². The Morgan fingerprint density at radius 3 is 1.15 bits per heavy atom. The molecule has 2 amide bonds. The van der Waals surface area contributed by atoms with E-state index in [1.807, 2.05) is 81.1 Å². The highest BCUT2D eigenvalue weighted by Crippen LogP contribution is 2.15. The summed E-state index contributed by atoms with van der Waals surface area (Å²) in [6.45, 7) is 22.0. The first-order valence-corrected chi connectivity index (χ1v) is 23.0. The minimum absolute atomic E-state index is 0. The summed E-state index contributed by atoms with van der Waals surface area (Å²) in [7, 11) is 0. The van der Waals surface area contributed by atoms with Gasteiger partial charge in [-0.1, -0.05) is 57.1 Å². The molecule has 0 saturated carbocycles. The molecule has 22 nitrogen and oxygen atoms in total. The first kappa shape index (κ1) is 62.1. The van der Waals surface area contributed by atoms with E-state index in [-0.39, 0.29) is 20.1 Å². The molecule has 62 heavy (non-hydrogen) atoms. The Hall–Kier alpha value is -4.17. The Labute approximate surface area is 386 Å². The van der Waals surface area contributed by atoms with Crippen molar-refractivity contribution in [3.05, 3.63) is 5.28 Å². The van der Waals surface area contributed by atoms with Crippen molar-refractivity contribution in [2.75, 3.05) is 104 Å². The van der Waals surface area contributed by atoms with Gasteiger partial charge in [0.1, 0.15) is 11.2 Å². The fraction of sp³-hybridized carbons (Fsp3) is 0.694. The number of alkyl carbamates (subject to hydrolysis) is 2. The molecule has 3 aromatic rings. The van der Waals surface area contributed by atoms with Crippen molar-refractivity contribution in [3.63, 3.8) is 0 Å². The van der Waals surface area contributed by atoms with Crippen molar-refractivity contribution in [3.8, 4) is 0 Å². The maximum atomic E-state index is 11.5. The molecule has 26 heteroatoms. The van der Waals surface area contributed by atoms with Gasteiger partial charge in [0.15, 0.2) is 15.5 Å². The number of ether oxygens (including phenoxy) is 2. The van der Waals surface area contributed by atoms with Crippen LogP contribution in [0, 0.1) is 0 Å². The van der Waals surface area contributed by atoms with Gasteiger partial charge in [-0.3, -0.25) is 0 Å². The summed E-state index contributed by atoms with van der Waals surface area (Å²) in [4.78, 5) is 60.2. The van der Waals surface area contributed by atoms with E-state index in [1.54, 1.807) is 0 Å². The third-order valence-corrected chi connectivity index (χ3v) is 7.43. The minimum Gasteiger partial charge on any atom is -0.444 e. The van der Waals surface area contributed by atoms with Crippen LogP contribution in [0.1, 0.15) is 77.2 Å². The lowest BCUT2D eigenvalue weighted by molar-refractivity contribution is 0.0518. The number of nitrogens with one attached hydrogen (secondary N) is 7. The van der Waals surface area contributed by atoms with E-state index >= 15 is 0 Å². The van der Waals surface area contributed by atoms with Gasteiger partial charge in [-0.15, -0.1) is 0 Å². The highest BCUT2D eigenvalue weighted by Gasteiger charge is 2.16. The number of carbonyl (C=O) groups excluding carboxylic acids is 2. The molecule has 0 spiro atoms. The zero-order valence-electron chi connectivity index (χ0n) is 36.8. The largest absolute Gasteiger partial charge is 0.444 e. The Balaban J connectivity index is -0.000000814. The molecule has 3 heterocycles. The van der Waals surface area contributed by atoms with Gasteiger partial charge in [0.2, 0.25) is 35.0 Å². The van der Waals surface area contributed by atoms with Crippen LogP contribution < -0.4 is 48.7 Å². The second kappa shape index (κ2) is 35.3. The van der Waals surface area contributed by atoms with Gasteiger partial charge in [-0.05, 0) is 92.3 Å². The third-order valence-electron chi connectivity index (χ3n) is 5.62. The first-order chi connectivity index (χ1) is 28.3. The Kier molecular flexibility index (Phi) is 35.4. The second-order valence-corrected chi connectivity index (χ2v) is 15.9. The number of hydrogen-bond donors (Lipinski definition) is 9. The predicted octanol–water partition coefficient (Wildman–Crippen LogP) is 5.78. The summed E-state index contributed by atoms with van der Waals surface area (Å²) in [6, 6.07) is 0. The number of nitrogens with two attached hydrogens (primary N) is 2. The molecular weight excluding hydrogens is 880 g/mol. The van der Waals surface area contributed by atoms with Crippen LogP contribution in [-0.4, -0.2) is 146 Å². The van der Waals surface area contributed by atoms with E-state index < -0.39 is 23.4 Å². The topological polar surface area (TPSA) is 305 Å². The lowest BCUT2D eigenvalue weighted by Gasteiger charge is -2.19. The summed E-state index contributed by atoms with van der Waals surface area (Å²) in [6.07, 6.45) is 4.77. The van der Waals surface area contributed by atoms with Crippen LogP contribution in [0.15, 0.2) is 15.5 Å². The molecular formula is C36H73ClN18O4S3. The average Bonchev–Trinajstić information content (AvgIpc) is 3.16. The first-order valence-electron chi connectivity index (χ1n) is 18.9. The van der Waals surface area contributed by atoms with Gasteiger partial charge < -0.3 is 58.2 Å². The third kappa shape index (κ3) is 32.5. The molecule has 356 valence electrons. The number of anilines is 5. The van der Waals surface area contributed by atoms with Crippen molar-refractivity contribution >= 4 is 88.8 Å².